The lowest BCUT2D eigenvalue weighted by molar-refractivity contribution is 0.590. The molecule has 13 aromatic rings. The van der Waals surface area contributed by atoms with Crippen molar-refractivity contribution in [3.05, 3.63) is 236 Å². The van der Waals surface area contributed by atoms with E-state index in [0.29, 0.717) is 0 Å². The molecule has 0 N–H and O–H groups in total. The predicted molar refractivity (Wildman–Crippen MR) is 284 cm³/mol. The molecule has 0 aliphatic carbocycles. The van der Waals surface area contributed by atoms with Crippen LogP contribution in [-0.4, -0.2) is 13.7 Å². The summed E-state index contributed by atoms with van der Waals surface area (Å²) < 4.78 is 7.47. The first-order valence-corrected chi connectivity index (χ1v) is 23.3. The van der Waals surface area contributed by atoms with Crippen molar-refractivity contribution in [2.45, 2.75) is 26.2 Å². The Hall–Kier alpha value is -8.40. The molecule has 0 spiro atoms. The molecule has 0 radical (unpaired) electrons. The zero-order valence-corrected chi connectivity index (χ0v) is 37.8. The van der Waals surface area contributed by atoms with Crippen LogP contribution in [0.5, 0.6) is 0 Å². The van der Waals surface area contributed by atoms with Gasteiger partial charge in [0.25, 0.3) is 0 Å². The van der Waals surface area contributed by atoms with Crippen LogP contribution >= 0.6 is 0 Å². The van der Waals surface area contributed by atoms with Gasteiger partial charge in [0.2, 0.25) is 0 Å². The third-order valence-corrected chi connectivity index (χ3v) is 14.0. The molecule has 0 aliphatic rings. The van der Waals surface area contributed by atoms with E-state index in [1.165, 1.54) is 104 Å². The van der Waals surface area contributed by atoms with E-state index in [-0.39, 0.29) is 5.41 Å². The van der Waals surface area contributed by atoms with Crippen LogP contribution < -0.4 is 0 Å². The first-order chi connectivity index (χ1) is 32.9. The summed E-state index contributed by atoms with van der Waals surface area (Å²) in [5.74, 6) is 0. The molecule has 67 heavy (non-hydrogen) atoms. The maximum absolute atomic E-state index is 2.52. The van der Waals surface area contributed by atoms with Gasteiger partial charge in [-0.3, -0.25) is 0 Å². The van der Waals surface area contributed by atoms with Crippen LogP contribution in [0, 0.1) is 0 Å². The maximum atomic E-state index is 2.52. The van der Waals surface area contributed by atoms with E-state index in [4.69, 9.17) is 0 Å². The number of aromatic nitrogens is 3. The van der Waals surface area contributed by atoms with Crippen molar-refractivity contribution in [3.8, 4) is 50.4 Å². The van der Waals surface area contributed by atoms with Gasteiger partial charge < -0.3 is 13.7 Å². The minimum absolute atomic E-state index is 0.0614. The van der Waals surface area contributed by atoms with Gasteiger partial charge in [-0.2, -0.15) is 0 Å². The summed E-state index contributed by atoms with van der Waals surface area (Å²) in [7, 11) is 0. The standard InChI is InChI=1S/C64H47N3/c1-64(2,3)47-32-37-59(55(41-47)46-31-35-52-50-23-10-13-26-56(50)65(61(52)40-46)49-22-16-21-45(39-49)43-19-8-5-9-20-43)67-58-28-15-12-25-54(58)62-60(67)38-36-53-51-24-11-14-27-57(51)66(63(53)62)48-33-29-44(30-34-48)42-17-6-4-7-18-42/h4-41H,1-3H3. The largest absolute Gasteiger partial charge is 0.309 e. The second-order valence-corrected chi connectivity index (χ2v) is 19.0. The summed E-state index contributed by atoms with van der Waals surface area (Å²) in [5, 5.41) is 7.45. The maximum Gasteiger partial charge on any atom is 0.0641 e. The fourth-order valence-corrected chi connectivity index (χ4v) is 10.8. The number of hydrogen-bond acceptors (Lipinski definition) is 0. The lowest BCUT2D eigenvalue weighted by Crippen LogP contribution is -2.12. The second-order valence-electron chi connectivity index (χ2n) is 19.0. The highest BCUT2D eigenvalue weighted by molar-refractivity contribution is 6.26. The number of fused-ring (bicyclic) bond motifs is 10. The molecular weight excluding hydrogens is 811 g/mol. The Kier molecular flexibility index (Phi) is 8.78. The first kappa shape index (κ1) is 39.0. The van der Waals surface area contributed by atoms with E-state index in [0.717, 1.165) is 17.1 Å². The highest BCUT2D eigenvalue weighted by atomic mass is 15.0. The topological polar surface area (TPSA) is 14.8 Å². The summed E-state index contributed by atoms with van der Waals surface area (Å²) in [6, 6.07) is 85.0. The Morgan fingerprint density at radius 1 is 0.299 bits per heavy atom. The third kappa shape index (κ3) is 6.19. The monoisotopic (exact) mass is 857 g/mol. The van der Waals surface area contributed by atoms with Crippen molar-refractivity contribution < 1.29 is 0 Å². The highest BCUT2D eigenvalue weighted by Gasteiger charge is 2.24. The lowest BCUT2D eigenvalue weighted by Gasteiger charge is -2.23. The Morgan fingerprint density at radius 3 is 1.54 bits per heavy atom. The normalized spacial score (nSPS) is 12.1. The van der Waals surface area contributed by atoms with Gasteiger partial charge in [-0.25, -0.2) is 0 Å². The van der Waals surface area contributed by atoms with E-state index >= 15 is 0 Å². The molecule has 0 unspecified atom stereocenters. The first-order valence-electron chi connectivity index (χ1n) is 23.3. The van der Waals surface area contributed by atoms with Gasteiger partial charge in [-0.05, 0) is 106 Å². The summed E-state index contributed by atoms with van der Waals surface area (Å²) >= 11 is 0. The van der Waals surface area contributed by atoms with Crippen LogP contribution in [0.25, 0.3) is 116 Å². The van der Waals surface area contributed by atoms with Crippen molar-refractivity contribution in [2.75, 3.05) is 0 Å². The number of para-hydroxylation sites is 3. The Balaban J connectivity index is 1.07. The average molecular weight is 858 g/mol. The lowest BCUT2D eigenvalue weighted by atomic mass is 9.85. The number of hydrogen-bond donors (Lipinski definition) is 0. The van der Waals surface area contributed by atoms with Gasteiger partial charge in [-0.15, -0.1) is 0 Å². The molecule has 3 aromatic heterocycles. The number of nitrogens with zero attached hydrogens (tertiary/aromatic N) is 3. The molecule has 0 amide bonds. The molecule has 0 fully saturated rings. The Labute approximate surface area is 390 Å². The molecular formula is C64H47N3. The van der Waals surface area contributed by atoms with Crippen LogP contribution in [-0.2, 0) is 5.41 Å². The van der Waals surface area contributed by atoms with Crippen LogP contribution in [0.15, 0.2) is 231 Å². The summed E-state index contributed by atoms with van der Waals surface area (Å²) in [6.45, 7) is 6.94. The van der Waals surface area contributed by atoms with E-state index in [1.807, 2.05) is 0 Å². The molecule has 0 aliphatic heterocycles. The van der Waals surface area contributed by atoms with Crippen LogP contribution in [0.4, 0.5) is 0 Å². The number of rotatable bonds is 6. The van der Waals surface area contributed by atoms with E-state index in [1.54, 1.807) is 0 Å². The molecule has 0 bridgehead atoms. The fraction of sp³-hybridized carbons (Fsp3) is 0.0625. The van der Waals surface area contributed by atoms with Crippen molar-refractivity contribution in [1.29, 1.82) is 0 Å². The van der Waals surface area contributed by atoms with E-state index in [2.05, 4.69) is 265 Å². The van der Waals surface area contributed by atoms with Crippen molar-refractivity contribution in [1.82, 2.24) is 13.7 Å². The smallest absolute Gasteiger partial charge is 0.0641 e. The quantitative estimate of drug-likeness (QED) is 0.158. The highest BCUT2D eigenvalue weighted by Crippen LogP contribution is 2.45. The molecule has 13 rings (SSSR count). The Morgan fingerprint density at radius 2 is 0.836 bits per heavy atom. The second kappa shape index (κ2) is 15.1. The van der Waals surface area contributed by atoms with Gasteiger partial charge >= 0.3 is 0 Å². The SMILES string of the molecule is CC(C)(C)c1ccc(-n2c3ccccc3c3c2ccc2c4ccccc4n(-c4ccc(-c5ccccc5)cc4)c23)c(-c2ccc3c4ccccc4n(-c4cccc(-c5ccccc5)c4)c3c2)c1. The third-order valence-electron chi connectivity index (χ3n) is 14.0. The molecule has 318 valence electrons. The molecule has 3 nitrogen and oxygen atoms in total. The van der Waals surface area contributed by atoms with Crippen LogP contribution in [0.2, 0.25) is 0 Å². The average Bonchev–Trinajstić information content (AvgIpc) is 4.02. The van der Waals surface area contributed by atoms with Gasteiger partial charge in [0, 0.05) is 49.3 Å². The fourth-order valence-electron chi connectivity index (χ4n) is 10.8. The zero-order valence-electron chi connectivity index (χ0n) is 37.8. The van der Waals surface area contributed by atoms with Gasteiger partial charge in [-0.1, -0.05) is 185 Å². The minimum atomic E-state index is -0.0614. The minimum Gasteiger partial charge on any atom is -0.309 e. The van der Waals surface area contributed by atoms with Gasteiger partial charge in [0.15, 0.2) is 0 Å². The molecule has 0 atom stereocenters. The van der Waals surface area contributed by atoms with Crippen molar-refractivity contribution in [3.63, 3.8) is 0 Å². The molecule has 10 aromatic carbocycles. The van der Waals surface area contributed by atoms with Crippen molar-refractivity contribution >= 4 is 65.4 Å². The molecule has 3 heteroatoms. The Bertz CT molecular complexity index is 4040. The zero-order chi connectivity index (χ0) is 44.8. The van der Waals surface area contributed by atoms with Crippen molar-refractivity contribution in [2.24, 2.45) is 0 Å². The van der Waals surface area contributed by atoms with Gasteiger partial charge in [0.1, 0.15) is 0 Å². The van der Waals surface area contributed by atoms with Gasteiger partial charge in [0.05, 0.1) is 38.8 Å². The molecule has 0 saturated carbocycles. The summed E-state index contributed by atoms with van der Waals surface area (Å²) in [6.07, 6.45) is 0. The number of benzene rings is 10. The van der Waals surface area contributed by atoms with Crippen LogP contribution in [0.3, 0.4) is 0 Å². The van der Waals surface area contributed by atoms with E-state index in [9.17, 15) is 0 Å². The summed E-state index contributed by atoms with van der Waals surface area (Å²) in [4.78, 5) is 0. The molecule has 3 heterocycles. The predicted octanol–water partition coefficient (Wildman–Crippen LogP) is 17.3. The summed E-state index contributed by atoms with van der Waals surface area (Å²) in [5.41, 5.74) is 19.0. The van der Waals surface area contributed by atoms with Crippen LogP contribution in [0.1, 0.15) is 26.3 Å². The van der Waals surface area contributed by atoms with E-state index < -0.39 is 0 Å². The molecule has 0 saturated heterocycles.